The molecule has 4 amide bonds. The van der Waals surface area contributed by atoms with Crippen molar-refractivity contribution in [3.05, 3.63) is 65.0 Å². The first kappa shape index (κ1) is 29.6. The summed E-state index contributed by atoms with van der Waals surface area (Å²) in [4.78, 5) is 50.9. The number of imide groups is 1. The molecular formula is C27H29F4N3O5. The maximum atomic E-state index is 13.6. The number of carbonyl (C=O) groups is 4. The molecule has 2 aromatic rings. The highest BCUT2D eigenvalue weighted by Crippen LogP contribution is 2.36. The maximum Gasteiger partial charge on any atom is 0.414 e. The van der Waals surface area contributed by atoms with Crippen molar-refractivity contribution < 1.29 is 41.8 Å². The van der Waals surface area contributed by atoms with Crippen LogP contribution in [0, 0.1) is 11.7 Å². The summed E-state index contributed by atoms with van der Waals surface area (Å²) in [6, 6.07) is 7.05. The lowest BCUT2D eigenvalue weighted by Crippen LogP contribution is -2.52. The third kappa shape index (κ3) is 7.12. The van der Waals surface area contributed by atoms with Crippen molar-refractivity contribution in [1.82, 2.24) is 9.80 Å². The van der Waals surface area contributed by atoms with Gasteiger partial charge in [0.15, 0.2) is 0 Å². The van der Waals surface area contributed by atoms with Crippen LogP contribution in [-0.2, 0) is 27.3 Å². The Hall–Kier alpha value is -3.96. The molecule has 210 valence electrons. The lowest BCUT2D eigenvalue weighted by molar-refractivity contribution is -0.187. The summed E-state index contributed by atoms with van der Waals surface area (Å²) in [7, 11) is 0. The summed E-state index contributed by atoms with van der Waals surface area (Å²) >= 11 is 0. The molecule has 0 spiro atoms. The van der Waals surface area contributed by atoms with Crippen LogP contribution in [0.3, 0.4) is 0 Å². The van der Waals surface area contributed by atoms with Crippen molar-refractivity contribution in [3.8, 4) is 0 Å². The standard InChI is InChI=1S/C27H29F4N3O5/c1-15(2)24(36)32-20-9-11-21-18(12-20)6-10-22(21)25(37)34(26(38)39)14-23(35)33(16(3)27(29,30)31)13-17-4-7-19(28)8-5-17/h4-5,7-9,11-12,15-16,22H,6,10,13-14H2,1-3H3,(H,32,36)(H,38,39)/t16-,22-/m0/s1. The van der Waals surface area contributed by atoms with Crippen LogP contribution in [0.15, 0.2) is 42.5 Å². The molecule has 2 atom stereocenters. The Balaban J connectivity index is 1.82. The molecule has 2 aromatic carbocycles. The van der Waals surface area contributed by atoms with Gasteiger partial charge in [-0.25, -0.2) is 14.1 Å². The van der Waals surface area contributed by atoms with Crippen molar-refractivity contribution in [2.24, 2.45) is 5.92 Å². The molecule has 0 fully saturated rings. The molecule has 8 nitrogen and oxygen atoms in total. The number of aryl methyl sites for hydroxylation is 1. The summed E-state index contributed by atoms with van der Waals surface area (Å²) in [5, 5.41) is 12.5. The number of amides is 4. The molecule has 39 heavy (non-hydrogen) atoms. The second kappa shape index (κ2) is 11.8. The molecule has 0 aromatic heterocycles. The smallest absolute Gasteiger partial charge is 0.414 e. The van der Waals surface area contributed by atoms with Crippen molar-refractivity contribution in [2.45, 2.75) is 58.3 Å². The number of rotatable bonds is 8. The first-order valence-electron chi connectivity index (χ1n) is 12.3. The van der Waals surface area contributed by atoms with Crippen molar-refractivity contribution >= 4 is 29.5 Å². The Morgan fingerprint density at radius 3 is 2.26 bits per heavy atom. The van der Waals surface area contributed by atoms with E-state index in [0.717, 1.165) is 24.6 Å². The highest BCUT2D eigenvalue weighted by atomic mass is 19.4. The highest BCUT2D eigenvalue weighted by molar-refractivity contribution is 5.99. The lowest BCUT2D eigenvalue weighted by atomic mass is 9.99. The number of nitrogens with one attached hydrogen (secondary N) is 1. The van der Waals surface area contributed by atoms with Crippen LogP contribution in [0.25, 0.3) is 0 Å². The zero-order chi connectivity index (χ0) is 29.1. The third-order valence-corrected chi connectivity index (χ3v) is 6.63. The number of carbonyl (C=O) groups excluding carboxylic acids is 3. The zero-order valence-electron chi connectivity index (χ0n) is 21.6. The van der Waals surface area contributed by atoms with Gasteiger partial charge in [0.1, 0.15) is 18.4 Å². The quantitative estimate of drug-likeness (QED) is 0.453. The fourth-order valence-electron chi connectivity index (χ4n) is 4.30. The van der Waals surface area contributed by atoms with E-state index in [1.54, 1.807) is 32.0 Å². The number of fused-ring (bicyclic) bond motifs is 1. The van der Waals surface area contributed by atoms with Crippen LogP contribution < -0.4 is 5.32 Å². The number of hydrogen-bond acceptors (Lipinski definition) is 4. The van der Waals surface area contributed by atoms with E-state index in [0.29, 0.717) is 22.6 Å². The Bertz CT molecular complexity index is 1250. The predicted octanol–water partition coefficient (Wildman–Crippen LogP) is 4.94. The summed E-state index contributed by atoms with van der Waals surface area (Å²) in [6.07, 6.45) is -5.98. The number of benzene rings is 2. The van der Waals surface area contributed by atoms with E-state index in [1.165, 1.54) is 12.1 Å². The lowest BCUT2D eigenvalue weighted by Gasteiger charge is -2.32. The largest absolute Gasteiger partial charge is 0.465 e. The minimum absolute atomic E-state index is 0.194. The average Bonchev–Trinajstić information content (AvgIpc) is 3.28. The topological polar surface area (TPSA) is 107 Å². The van der Waals surface area contributed by atoms with Gasteiger partial charge in [0.05, 0.1) is 5.92 Å². The van der Waals surface area contributed by atoms with E-state index >= 15 is 0 Å². The molecule has 0 saturated carbocycles. The fraction of sp³-hybridized carbons (Fsp3) is 0.407. The minimum Gasteiger partial charge on any atom is -0.465 e. The summed E-state index contributed by atoms with van der Waals surface area (Å²) in [6.45, 7) is 2.52. The normalized spacial score (nSPS) is 15.4. The van der Waals surface area contributed by atoms with Crippen LogP contribution in [-0.4, -0.2) is 57.5 Å². The van der Waals surface area contributed by atoms with Gasteiger partial charge in [-0.3, -0.25) is 14.4 Å². The molecule has 12 heteroatoms. The number of anilines is 1. The van der Waals surface area contributed by atoms with Crippen LogP contribution in [0.1, 0.15) is 49.8 Å². The van der Waals surface area contributed by atoms with E-state index in [4.69, 9.17) is 0 Å². The van der Waals surface area contributed by atoms with E-state index in [9.17, 15) is 41.8 Å². The second-order valence-electron chi connectivity index (χ2n) is 9.72. The van der Waals surface area contributed by atoms with Gasteiger partial charge in [-0.1, -0.05) is 32.0 Å². The maximum absolute atomic E-state index is 13.6. The minimum atomic E-state index is -4.83. The SMILES string of the molecule is CC(C)C(=O)Nc1ccc2c(c1)CC[C@@H]2C(=O)N(CC(=O)N(Cc1ccc(F)cc1)[C@@H](C)C(F)(F)F)C(=O)O. The number of halogens is 4. The molecule has 0 radical (unpaired) electrons. The van der Waals surface area contributed by atoms with Gasteiger partial charge in [0.25, 0.3) is 0 Å². The van der Waals surface area contributed by atoms with Gasteiger partial charge in [-0.15, -0.1) is 0 Å². The van der Waals surface area contributed by atoms with Gasteiger partial charge >= 0.3 is 12.3 Å². The molecular weight excluding hydrogens is 522 g/mol. The van der Waals surface area contributed by atoms with Crippen LogP contribution in [0.4, 0.5) is 28.0 Å². The first-order chi connectivity index (χ1) is 18.2. The molecule has 3 rings (SSSR count). The van der Waals surface area contributed by atoms with Crippen molar-refractivity contribution in [1.29, 1.82) is 0 Å². The fourth-order valence-corrected chi connectivity index (χ4v) is 4.30. The highest BCUT2D eigenvalue weighted by Gasteiger charge is 2.43. The summed E-state index contributed by atoms with van der Waals surface area (Å²) in [5.74, 6) is -4.16. The molecule has 1 aliphatic rings. The van der Waals surface area contributed by atoms with Gasteiger partial charge in [0, 0.05) is 18.2 Å². The first-order valence-corrected chi connectivity index (χ1v) is 12.3. The van der Waals surface area contributed by atoms with Crippen LogP contribution in [0.5, 0.6) is 0 Å². The van der Waals surface area contributed by atoms with E-state index in [-0.39, 0.29) is 28.7 Å². The van der Waals surface area contributed by atoms with E-state index in [2.05, 4.69) is 5.32 Å². The monoisotopic (exact) mass is 551 g/mol. The second-order valence-corrected chi connectivity index (χ2v) is 9.72. The molecule has 0 heterocycles. The van der Waals surface area contributed by atoms with E-state index < -0.39 is 55.0 Å². The van der Waals surface area contributed by atoms with Crippen LogP contribution >= 0.6 is 0 Å². The molecule has 1 aliphatic carbocycles. The molecule has 0 bridgehead atoms. The zero-order valence-corrected chi connectivity index (χ0v) is 21.6. The summed E-state index contributed by atoms with van der Waals surface area (Å²) < 4.78 is 54.0. The Morgan fingerprint density at radius 1 is 1.05 bits per heavy atom. The Labute approximate surface area is 222 Å². The number of hydrogen-bond donors (Lipinski definition) is 2. The van der Waals surface area contributed by atoms with Gasteiger partial charge in [0.2, 0.25) is 17.7 Å². The van der Waals surface area contributed by atoms with Gasteiger partial charge < -0.3 is 15.3 Å². The third-order valence-electron chi connectivity index (χ3n) is 6.63. The molecule has 2 N–H and O–H groups in total. The molecule has 0 aliphatic heterocycles. The summed E-state index contributed by atoms with van der Waals surface area (Å²) in [5.41, 5.74) is 1.95. The van der Waals surface area contributed by atoms with Gasteiger partial charge in [-0.2, -0.15) is 13.2 Å². The average molecular weight is 552 g/mol. The predicted molar refractivity (Wildman–Crippen MR) is 133 cm³/mol. The number of carboxylic acid groups (broad SMARTS) is 1. The molecule has 0 unspecified atom stereocenters. The number of alkyl halides is 3. The van der Waals surface area contributed by atoms with E-state index in [1.807, 2.05) is 0 Å². The van der Waals surface area contributed by atoms with Crippen molar-refractivity contribution in [2.75, 3.05) is 11.9 Å². The Morgan fingerprint density at radius 2 is 1.69 bits per heavy atom. The molecule has 0 saturated heterocycles. The van der Waals surface area contributed by atoms with Crippen LogP contribution in [0.2, 0.25) is 0 Å². The van der Waals surface area contributed by atoms with Gasteiger partial charge in [-0.05, 0) is 60.7 Å². The number of nitrogens with zero attached hydrogens (tertiary/aromatic N) is 2. The Kier molecular flexibility index (Phi) is 8.98. The van der Waals surface area contributed by atoms with Crippen molar-refractivity contribution in [3.63, 3.8) is 0 Å².